The van der Waals surface area contributed by atoms with Crippen molar-refractivity contribution < 1.29 is 42.9 Å². The number of ether oxygens (including phenoxy) is 4. The van der Waals surface area contributed by atoms with Crippen LogP contribution in [0.2, 0.25) is 25.7 Å². The van der Waals surface area contributed by atoms with Crippen molar-refractivity contribution in [1.29, 1.82) is 0 Å². The Hall–Kier alpha value is -3.61. The molecule has 3 amide bonds. The van der Waals surface area contributed by atoms with Gasteiger partial charge in [0.05, 0.1) is 13.7 Å². The van der Waals surface area contributed by atoms with E-state index in [0.29, 0.717) is 19.4 Å². The van der Waals surface area contributed by atoms with Crippen LogP contribution in [0.25, 0.3) is 0 Å². The van der Waals surface area contributed by atoms with Gasteiger partial charge in [0, 0.05) is 21.0 Å². The first-order valence-corrected chi connectivity index (χ1v) is 18.3. The maximum absolute atomic E-state index is 13.2. The number of hydrogen-bond donors (Lipinski definition) is 3. The quantitative estimate of drug-likeness (QED) is 0.0996. The molecular formula is C30H49N3O9Si. The molecule has 0 aliphatic heterocycles. The van der Waals surface area contributed by atoms with Gasteiger partial charge in [-0.05, 0) is 58.1 Å². The molecule has 0 aliphatic carbocycles. The first-order valence-electron chi connectivity index (χ1n) is 14.6. The first-order chi connectivity index (χ1) is 20.1. The molecule has 1 aromatic rings. The van der Waals surface area contributed by atoms with Crippen LogP contribution in [-0.4, -0.2) is 76.1 Å². The van der Waals surface area contributed by atoms with Crippen LogP contribution in [0.3, 0.4) is 0 Å². The lowest BCUT2D eigenvalue weighted by Gasteiger charge is -2.23. The molecule has 0 fully saturated rings. The summed E-state index contributed by atoms with van der Waals surface area (Å²) >= 11 is 0. The second-order valence-corrected chi connectivity index (χ2v) is 18.0. The monoisotopic (exact) mass is 623 g/mol. The molecule has 1 aromatic carbocycles. The topological polar surface area (TPSA) is 158 Å². The summed E-state index contributed by atoms with van der Waals surface area (Å²) in [5.74, 6) is -1.85. The molecule has 0 aliphatic rings. The average Bonchev–Trinajstić information content (AvgIpc) is 2.91. The molecule has 0 heterocycles. The van der Waals surface area contributed by atoms with Gasteiger partial charge in [-0.2, -0.15) is 0 Å². The Kier molecular flexibility index (Phi) is 16.4. The van der Waals surface area contributed by atoms with E-state index in [-0.39, 0.29) is 32.5 Å². The third-order valence-corrected chi connectivity index (χ3v) is 7.66. The third-order valence-electron chi connectivity index (χ3n) is 5.95. The summed E-state index contributed by atoms with van der Waals surface area (Å²) in [5, 5.41) is 7.79. The van der Waals surface area contributed by atoms with Gasteiger partial charge < -0.3 is 34.9 Å². The molecule has 0 spiro atoms. The van der Waals surface area contributed by atoms with Crippen molar-refractivity contribution >= 4 is 38.1 Å². The van der Waals surface area contributed by atoms with Gasteiger partial charge in [0.15, 0.2) is 0 Å². The Balaban J connectivity index is 2.68. The SMILES string of the molecule is COC(=O)C(CCCCNC(=O)OCc1ccccc1)NC(=O)C(CCC(=O)OC(C)(C)C)NC(=O)OCC[Si](C)(C)C. The molecule has 0 saturated heterocycles. The summed E-state index contributed by atoms with van der Waals surface area (Å²) < 4.78 is 20.6. The van der Waals surface area contributed by atoms with E-state index in [1.54, 1.807) is 20.8 Å². The number of amides is 3. The second kappa shape index (κ2) is 18.8. The van der Waals surface area contributed by atoms with Gasteiger partial charge in [-0.25, -0.2) is 14.4 Å². The van der Waals surface area contributed by atoms with Crippen LogP contribution >= 0.6 is 0 Å². The molecule has 13 heteroatoms. The highest BCUT2D eigenvalue weighted by Gasteiger charge is 2.29. The Labute approximate surface area is 255 Å². The average molecular weight is 624 g/mol. The van der Waals surface area contributed by atoms with Crippen molar-refractivity contribution in [2.45, 2.75) is 103 Å². The van der Waals surface area contributed by atoms with Crippen LogP contribution < -0.4 is 16.0 Å². The lowest BCUT2D eigenvalue weighted by Crippen LogP contribution is -2.52. The number of rotatable bonds is 17. The fourth-order valence-corrected chi connectivity index (χ4v) is 4.37. The molecule has 3 N–H and O–H groups in total. The minimum atomic E-state index is -1.45. The maximum atomic E-state index is 13.2. The van der Waals surface area contributed by atoms with Crippen LogP contribution in [0.1, 0.15) is 58.4 Å². The zero-order chi connectivity index (χ0) is 32.5. The second-order valence-electron chi connectivity index (χ2n) is 12.3. The lowest BCUT2D eigenvalue weighted by atomic mass is 10.1. The number of benzene rings is 1. The molecule has 0 aromatic heterocycles. The summed E-state index contributed by atoms with van der Waals surface area (Å²) in [5.41, 5.74) is 0.162. The number of hydrogen-bond acceptors (Lipinski definition) is 9. The van der Waals surface area contributed by atoms with Crippen molar-refractivity contribution in [2.24, 2.45) is 0 Å². The molecule has 1 rings (SSSR count). The number of unbranched alkanes of at least 4 members (excludes halogenated alkanes) is 1. The van der Waals surface area contributed by atoms with Gasteiger partial charge in [0.2, 0.25) is 5.91 Å². The van der Waals surface area contributed by atoms with E-state index in [1.165, 1.54) is 7.11 Å². The molecule has 0 radical (unpaired) electrons. The van der Waals surface area contributed by atoms with Crippen LogP contribution in [-0.2, 0) is 39.9 Å². The van der Waals surface area contributed by atoms with Crippen molar-refractivity contribution in [3.63, 3.8) is 0 Å². The smallest absolute Gasteiger partial charge is 0.407 e. The maximum Gasteiger partial charge on any atom is 0.407 e. The minimum absolute atomic E-state index is 0.0627. The minimum Gasteiger partial charge on any atom is -0.467 e. The van der Waals surface area contributed by atoms with Gasteiger partial charge in [-0.3, -0.25) is 9.59 Å². The summed E-state index contributed by atoms with van der Waals surface area (Å²) in [6.45, 7) is 12.3. The van der Waals surface area contributed by atoms with Gasteiger partial charge in [0.1, 0.15) is 24.3 Å². The van der Waals surface area contributed by atoms with Crippen LogP contribution in [0, 0.1) is 0 Å². The van der Waals surface area contributed by atoms with E-state index in [9.17, 15) is 24.0 Å². The van der Waals surface area contributed by atoms with Crippen LogP contribution in [0.5, 0.6) is 0 Å². The largest absolute Gasteiger partial charge is 0.467 e. The highest BCUT2D eigenvalue weighted by atomic mass is 28.3. The molecule has 0 saturated carbocycles. The molecule has 2 atom stereocenters. The van der Waals surface area contributed by atoms with E-state index < -0.39 is 55.8 Å². The van der Waals surface area contributed by atoms with E-state index in [2.05, 4.69) is 35.6 Å². The van der Waals surface area contributed by atoms with Crippen LogP contribution in [0.4, 0.5) is 9.59 Å². The van der Waals surface area contributed by atoms with Gasteiger partial charge >= 0.3 is 24.1 Å². The number of methoxy groups -OCH3 is 1. The number of carbonyl (C=O) groups excluding carboxylic acids is 5. The van der Waals surface area contributed by atoms with Crippen molar-refractivity contribution in [2.75, 3.05) is 20.3 Å². The van der Waals surface area contributed by atoms with Crippen LogP contribution in [0.15, 0.2) is 30.3 Å². The highest BCUT2D eigenvalue weighted by Crippen LogP contribution is 2.12. The molecule has 2 unspecified atom stereocenters. The standard InChI is InChI=1S/C30H49N3O9Si/c1-30(2,3)42-25(34)17-16-23(33-29(38)40-19-20-43(5,6)7)26(35)32-24(27(36)39-4)15-11-12-18-31-28(37)41-21-22-13-9-8-10-14-22/h8-10,13-14,23-24H,11-12,15-21H2,1-7H3,(H,31,37)(H,32,35)(H,33,38). The Morgan fingerprint density at radius 1 is 0.860 bits per heavy atom. The van der Waals surface area contributed by atoms with E-state index in [4.69, 9.17) is 18.9 Å². The molecule has 0 bridgehead atoms. The predicted molar refractivity (Wildman–Crippen MR) is 164 cm³/mol. The van der Waals surface area contributed by atoms with Gasteiger partial charge in [0.25, 0.3) is 0 Å². The van der Waals surface area contributed by atoms with Gasteiger partial charge in [-0.1, -0.05) is 50.0 Å². The first kappa shape index (κ1) is 37.4. The number of nitrogens with one attached hydrogen (secondary N) is 3. The molecular weight excluding hydrogens is 574 g/mol. The third kappa shape index (κ3) is 18.5. The zero-order valence-corrected chi connectivity index (χ0v) is 27.6. The summed E-state index contributed by atoms with van der Waals surface area (Å²) in [7, 11) is -0.240. The lowest BCUT2D eigenvalue weighted by molar-refractivity contribution is -0.155. The Morgan fingerprint density at radius 2 is 1.53 bits per heavy atom. The Morgan fingerprint density at radius 3 is 2.14 bits per heavy atom. The fourth-order valence-electron chi connectivity index (χ4n) is 3.66. The van der Waals surface area contributed by atoms with E-state index in [0.717, 1.165) is 11.6 Å². The molecule has 43 heavy (non-hydrogen) atoms. The summed E-state index contributed by atoms with van der Waals surface area (Å²) in [6.07, 6.45) is -0.355. The van der Waals surface area contributed by atoms with Crippen molar-refractivity contribution in [3.05, 3.63) is 35.9 Å². The normalized spacial score (nSPS) is 12.7. The fraction of sp³-hybridized carbons (Fsp3) is 0.633. The highest BCUT2D eigenvalue weighted by molar-refractivity contribution is 6.76. The van der Waals surface area contributed by atoms with E-state index >= 15 is 0 Å². The number of carbonyl (C=O) groups is 5. The Bertz CT molecular complexity index is 1040. The van der Waals surface area contributed by atoms with E-state index in [1.807, 2.05) is 30.3 Å². The summed E-state index contributed by atoms with van der Waals surface area (Å²) in [4.78, 5) is 62.3. The summed E-state index contributed by atoms with van der Waals surface area (Å²) in [6, 6.07) is 7.88. The predicted octanol–water partition coefficient (Wildman–Crippen LogP) is 4.30. The van der Waals surface area contributed by atoms with Crippen molar-refractivity contribution in [3.8, 4) is 0 Å². The molecule has 242 valence electrons. The number of esters is 2. The number of alkyl carbamates (subject to hydrolysis) is 2. The van der Waals surface area contributed by atoms with Gasteiger partial charge in [-0.15, -0.1) is 0 Å². The van der Waals surface area contributed by atoms with Crippen molar-refractivity contribution in [1.82, 2.24) is 16.0 Å². The zero-order valence-electron chi connectivity index (χ0n) is 26.6. The molecule has 12 nitrogen and oxygen atoms in total.